The lowest BCUT2D eigenvalue weighted by atomic mass is 10.0. The maximum atomic E-state index is 11.6. The molecule has 2 heterocycles. The van der Waals surface area contributed by atoms with Gasteiger partial charge in [0, 0.05) is 39.9 Å². The van der Waals surface area contributed by atoms with Crippen LogP contribution in [-0.4, -0.2) is 72.8 Å². The van der Waals surface area contributed by atoms with Crippen LogP contribution >= 0.6 is 0 Å². The smallest absolute Gasteiger partial charge is 0.248 e. The first kappa shape index (κ1) is 18.6. The van der Waals surface area contributed by atoms with Crippen molar-refractivity contribution in [2.75, 3.05) is 46.1 Å². The minimum absolute atomic E-state index is 0.0470. The fourth-order valence-corrected chi connectivity index (χ4v) is 2.88. The summed E-state index contributed by atoms with van der Waals surface area (Å²) in [7, 11) is 3.43. The van der Waals surface area contributed by atoms with Crippen LogP contribution in [0.1, 0.15) is 19.4 Å². The summed E-state index contributed by atoms with van der Waals surface area (Å²) in [6, 6.07) is 3.86. The van der Waals surface area contributed by atoms with Gasteiger partial charge in [0.2, 0.25) is 5.91 Å². The van der Waals surface area contributed by atoms with E-state index >= 15 is 0 Å². The lowest BCUT2D eigenvalue weighted by Gasteiger charge is -2.42. The molecule has 24 heavy (non-hydrogen) atoms. The zero-order valence-electron chi connectivity index (χ0n) is 15.0. The van der Waals surface area contributed by atoms with Gasteiger partial charge in [-0.3, -0.25) is 9.69 Å². The van der Waals surface area contributed by atoms with Gasteiger partial charge in [0.25, 0.3) is 0 Å². The summed E-state index contributed by atoms with van der Waals surface area (Å²) in [5, 5.41) is 0. The molecule has 1 aromatic rings. The van der Waals surface area contributed by atoms with E-state index in [9.17, 15) is 4.79 Å². The fraction of sp³-hybridized carbons (Fsp3) is 0.647. The van der Waals surface area contributed by atoms with Gasteiger partial charge in [-0.25, -0.2) is 4.98 Å². The van der Waals surface area contributed by atoms with Crippen molar-refractivity contribution in [3.8, 4) is 0 Å². The first-order chi connectivity index (χ1) is 11.2. The highest BCUT2D eigenvalue weighted by atomic mass is 16.5. The number of hydrogen-bond donors (Lipinski definition) is 1. The number of likely N-dealkylation sites (N-methyl/N-ethyl adjacent to an activating group) is 1. The van der Waals surface area contributed by atoms with Crippen LogP contribution in [-0.2, 0) is 20.8 Å². The van der Waals surface area contributed by atoms with Crippen LogP contribution < -0.4 is 5.73 Å². The molecule has 1 saturated heterocycles. The van der Waals surface area contributed by atoms with E-state index in [-0.39, 0.29) is 24.2 Å². The molecule has 1 aromatic heterocycles. The zero-order chi connectivity index (χ0) is 17.7. The van der Waals surface area contributed by atoms with Gasteiger partial charge in [-0.05, 0) is 31.5 Å². The van der Waals surface area contributed by atoms with E-state index in [1.54, 1.807) is 20.3 Å². The highest BCUT2D eigenvalue weighted by Crippen LogP contribution is 2.23. The number of hydrogen-bond acceptors (Lipinski definition) is 6. The summed E-state index contributed by atoms with van der Waals surface area (Å²) >= 11 is 0. The third-order valence-electron chi connectivity index (χ3n) is 3.83. The van der Waals surface area contributed by atoms with Gasteiger partial charge >= 0.3 is 0 Å². The van der Waals surface area contributed by atoms with E-state index < -0.39 is 0 Å². The summed E-state index contributed by atoms with van der Waals surface area (Å²) in [5.41, 5.74) is 6.61. The molecule has 0 unspecified atom stereocenters. The summed E-state index contributed by atoms with van der Waals surface area (Å²) < 4.78 is 11.6. The molecule has 0 bridgehead atoms. The summed E-state index contributed by atoms with van der Waals surface area (Å²) in [4.78, 5) is 19.4. The molecule has 0 aromatic carbocycles. The van der Waals surface area contributed by atoms with Crippen LogP contribution in [0.4, 0.5) is 5.82 Å². The van der Waals surface area contributed by atoms with Gasteiger partial charge in [0.15, 0.2) is 0 Å². The number of carbonyl (C=O) groups is 1. The van der Waals surface area contributed by atoms with Crippen molar-refractivity contribution in [3.63, 3.8) is 0 Å². The quantitative estimate of drug-likeness (QED) is 0.825. The standard InChI is InChI=1S/C17H28N4O3/c1-17(2)12-21(8-13-5-6-19-15(18)7-13)9-14(24-17)10-23-11-16(22)20(3)4/h5-7,14H,8-12H2,1-4H3,(H2,18,19)/t14-/m0/s1. The average molecular weight is 336 g/mol. The van der Waals surface area contributed by atoms with Crippen molar-refractivity contribution in [3.05, 3.63) is 23.9 Å². The van der Waals surface area contributed by atoms with Crippen molar-refractivity contribution in [1.29, 1.82) is 0 Å². The molecule has 2 N–H and O–H groups in total. The molecule has 1 atom stereocenters. The number of anilines is 1. The Hall–Kier alpha value is -1.70. The number of morpholine rings is 1. The summed E-state index contributed by atoms with van der Waals surface area (Å²) in [6.45, 7) is 6.97. The Kier molecular flexibility index (Phi) is 6.15. The van der Waals surface area contributed by atoms with Gasteiger partial charge in [-0.1, -0.05) is 0 Å². The number of nitrogen functional groups attached to an aromatic ring is 1. The first-order valence-corrected chi connectivity index (χ1v) is 8.14. The van der Waals surface area contributed by atoms with Gasteiger partial charge in [-0.2, -0.15) is 0 Å². The Balaban J connectivity index is 1.90. The number of carbonyl (C=O) groups excluding carboxylic acids is 1. The Morgan fingerprint density at radius 3 is 2.96 bits per heavy atom. The van der Waals surface area contributed by atoms with Crippen molar-refractivity contribution < 1.29 is 14.3 Å². The lowest BCUT2D eigenvalue weighted by Crippen LogP contribution is -2.53. The average Bonchev–Trinajstić information content (AvgIpc) is 2.45. The maximum Gasteiger partial charge on any atom is 0.248 e. The number of ether oxygens (including phenoxy) is 2. The molecular formula is C17H28N4O3. The van der Waals surface area contributed by atoms with Gasteiger partial charge in [0.05, 0.1) is 18.3 Å². The first-order valence-electron chi connectivity index (χ1n) is 8.14. The molecule has 1 aliphatic heterocycles. The second-order valence-electron chi connectivity index (χ2n) is 7.06. The highest BCUT2D eigenvalue weighted by Gasteiger charge is 2.33. The summed E-state index contributed by atoms with van der Waals surface area (Å²) in [5.74, 6) is 0.483. The Morgan fingerprint density at radius 1 is 1.54 bits per heavy atom. The number of nitrogens with zero attached hydrogens (tertiary/aromatic N) is 3. The van der Waals surface area contributed by atoms with E-state index in [2.05, 4.69) is 23.7 Å². The maximum absolute atomic E-state index is 11.6. The van der Waals surface area contributed by atoms with Gasteiger partial charge in [0.1, 0.15) is 12.4 Å². The second-order valence-corrected chi connectivity index (χ2v) is 7.06. The number of pyridine rings is 1. The third kappa shape index (κ3) is 5.74. The molecule has 134 valence electrons. The largest absolute Gasteiger partial charge is 0.384 e. The molecule has 1 fully saturated rings. The molecule has 7 heteroatoms. The van der Waals surface area contributed by atoms with Gasteiger partial charge in [-0.15, -0.1) is 0 Å². The Morgan fingerprint density at radius 2 is 2.29 bits per heavy atom. The highest BCUT2D eigenvalue weighted by molar-refractivity contribution is 5.76. The normalized spacial score (nSPS) is 20.8. The predicted octanol–water partition coefficient (Wildman–Crippen LogP) is 0.748. The second kappa shape index (κ2) is 7.92. The number of aromatic nitrogens is 1. The van der Waals surface area contributed by atoms with Crippen LogP contribution in [0.25, 0.3) is 0 Å². The molecule has 1 amide bonds. The molecule has 2 rings (SSSR count). The number of rotatable bonds is 6. The van der Waals surface area contributed by atoms with E-state index in [4.69, 9.17) is 15.2 Å². The van der Waals surface area contributed by atoms with E-state index in [0.717, 1.165) is 25.2 Å². The molecule has 0 aliphatic carbocycles. The summed E-state index contributed by atoms with van der Waals surface area (Å²) in [6.07, 6.45) is 1.66. The Bertz CT molecular complexity index is 563. The predicted molar refractivity (Wildman–Crippen MR) is 92.4 cm³/mol. The molecule has 0 saturated carbocycles. The van der Waals surface area contributed by atoms with Crippen molar-refractivity contribution in [2.45, 2.75) is 32.1 Å². The molecule has 7 nitrogen and oxygen atoms in total. The van der Waals surface area contributed by atoms with Crippen LogP contribution in [0.15, 0.2) is 18.3 Å². The third-order valence-corrected chi connectivity index (χ3v) is 3.83. The molecule has 0 radical (unpaired) electrons. The zero-order valence-corrected chi connectivity index (χ0v) is 15.0. The molecule has 0 spiro atoms. The number of nitrogens with two attached hydrogens (primary N) is 1. The topological polar surface area (TPSA) is 80.9 Å². The van der Waals surface area contributed by atoms with Crippen molar-refractivity contribution in [1.82, 2.24) is 14.8 Å². The van der Waals surface area contributed by atoms with E-state index in [1.165, 1.54) is 4.90 Å². The van der Waals surface area contributed by atoms with E-state index in [0.29, 0.717) is 12.4 Å². The Labute approximate surface area is 143 Å². The monoisotopic (exact) mass is 336 g/mol. The minimum Gasteiger partial charge on any atom is -0.384 e. The van der Waals surface area contributed by atoms with Crippen LogP contribution in [0.5, 0.6) is 0 Å². The van der Waals surface area contributed by atoms with Crippen LogP contribution in [0.3, 0.4) is 0 Å². The van der Waals surface area contributed by atoms with Crippen molar-refractivity contribution >= 4 is 11.7 Å². The fourth-order valence-electron chi connectivity index (χ4n) is 2.88. The lowest BCUT2D eigenvalue weighted by molar-refractivity contribution is -0.161. The van der Waals surface area contributed by atoms with E-state index in [1.807, 2.05) is 12.1 Å². The van der Waals surface area contributed by atoms with Gasteiger partial charge < -0.3 is 20.1 Å². The molecular weight excluding hydrogens is 308 g/mol. The molecule has 1 aliphatic rings. The van der Waals surface area contributed by atoms with Crippen molar-refractivity contribution in [2.24, 2.45) is 0 Å². The van der Waals surface area contributed by atoms with Crippen LogP contribution in [0, 0.1) is 0 Å². The minimum atomic E-state index is -0.267. The number of amides is 1. The van der Waals surface area contributed by atoms with Crippen LogP contribution in [0.2, 0.25) is 0 Å². The SMILES string of the molecule is CN(C)C(=O)COC[C@@H]1CN(Cc2ccnc(N)c2)CC(C)(C)O1.